The number of hydrogen-bond acceptors (Lipinski definition) is 3. The summed E-state index contributed by atoms with van der Waals surface area (Å²) in [5, 5.41) is 3.27. The third-order valence-corrected chi connectivity index (χ3v) is 4.91. The lowest BCUT2D eigenvalue weighted by molar-refractivity contribution is -0.131. The highest BCUT2D eigenvalue weighted by Crippen LogP contribution is 2.32. The van der Waals surface area contributed by atoms with Crippen LogP contribution in [0.2, 0.25) is 5.02 Å². The van der Waals surface area contributed by atoms with Crippen LogP contribution in [-0.4, -0.2) is 36.4 Å². The molecule has 6 heteroatoms. The van der Waals surface area contributed by atoms with E-state index >= 15 is 0 Å². The molecule has 1 fully saturated rings. The Morgan fingerprint density at radius 2 is 1.85 bits per heavy atom. The minimum Gasteiger partial charge on any atom is -0.494 e. The largest absolute Gasteiger partial charge is 0.494 e. The van der Waals surface area contributed by atoms with E-state index in [9.17, 15) is 9.59 Å². The van der Waals surface area contributed by atoms with Gasteiger partial charge < -0.3 is 15.0 Å². The van der Waals surface area contributed by atoms with Crippen molar-refractivity contribution in [1.82, 2.24) is 10.2 Å². The molecule has 27 heavy (non-hydrogen) atoms. The van der Waals surface area contributed by atoms with Crippen molar-refractivity contribution in [1.29, 1.82) is 0 Å². The van der Waals surface area contributed by atoms with Gasteiger partial charge in [-0.05, 0) is 61.7 Å². The van der Waals surface area contributed by atoms with E-state index in [1.165, 1.54) is 0 Å². The molecule has 1 aliphatic heterocycles. The number of carbonyl (C=O) groups excluding carboxylic acids is 2. The summed E-state index contributed by atoms with van der Waals surface area (Å²) < 4.78 is 5.48. The van der Waals surface area contributed by atoms with E-state index in [0.29, 0.717) is 23.7 Å². The topological polar surface area (TPSA) is 58.6 Å². The Labute approximate surface area is 164 Å². The predicted molar refractivity (Wildman–Crippen MR) is 105 cm³/mol. The Kier molecular flexibility index (Phi) is 6.35. The van der Waals surface area contributed by atoms with Gasteiger partial charge in [0.1, 0.15) is 5.75 Å². The summed E-state index contributed by atoms with van der Waals surface area (Å²) >= 11 is 5.83. The predicted octanol–water partition coefficient (Wildman–Crippen LogP) is 3.83. The lowest BCUT2D eigenvalue weighted by Gasteiger charge is -2.25. The molecule has 1 atom stereocenters. The van der Waals surface area contributed by atoms with Crippen LogP contribution in [-0.2, 0) is 4.79 Å². The molecule has 1 heterocycles. The normalized spacial score (nSPS) is 16.2. The molecule has 0 bridgehead atoms. The van der Waals surface area contributed by atoms with E-state index in [4.69, 9.17) is 16.3 Å². The molecule has 0 aliphatic carbocycles. The number of ether oxygens (including phenoxy) is 1. The minimum absolute atomic E-state index is 0.0189. The molecule has 2 aromatic rings. The van der Waals surface area contributed by atoms with Gasteiger partial charge in [0.2, 0.25) is 5.91 Å². The van der Waals surface area contributed by atoms with Crippen molar-refractivity contribution in [3.05, 3.63) is 64.7 Å². The van der Waals surface area contributed by atoms with E-state index in [2.05, 4.69) is 5.32 Å². The van der Waals surface area contributed by atoms with Crippen molar-refractivity contribution in [2.75, 3.05) is 19.7 Å². The van der Waals surface area contributed by atoms with Crippen molar-refractivity contribution in [3.63, 3.8) is 0 Å². The van der Waals surface area contributed by atoms with Gasteiger partial charge in [0.05, 0.1) is 19.2 Å². The summed E-state index contributed by atoms with van der Waals surface area (Å²) in [6, 6.07) is 14.5. The van der Waals surface area contributed by atoms with Gasteiger partial charge in [-0.3, -0.25) is 9.59 Å². The zero-order chi connectivity index (χ0) is 19.2. The van der Waals surface area contributed by atoms with Crippen LogP contribution >= 0.6 is 11.6 Å². The summed E-state index contributed by atoms with van der Waals surface area (Å²) in [6.45, 7) is 3.26. The summed E-state index contributed by atoms with van der Waals surface area (Å²) in [4.78, 5) is 26.7. The number of rotatable bonds is 6. The fraction of sp³-hybridized carbons (Fsp3) is 0.333. The van der Waals surface area contributed by atoms with Gasteiger partial charge in [0.25, 0.3) is 5.91 Å². The molecule has 142 valence electrons. The van der Waals surface area contributed by atoms with Crippen LogP contribution in [0.15, 0.2) is 48.5 Å². The number of nitrogens with zero attached hydrogens (tertiary/aromatic N) is 1. The Hall–Kier alpha value is -2.53. The number of nitrogens with one attached hydrogen (secondary N) is 1. The van der Waals surface area contributed by atoms with E-state index in [-0.39, 0.29) is 24.4 Å². The molecule has 1 saturated heterocycles. The Morgan fingerprint density at radius 1 is 1.15 bits per heavy atom. The Morgan fingerprint density at radius 3 is 2.52 bits per heavy atom. The zero-order valence-electron chi connectivity index (χ0n) is 15.3. The van der Waals surface area contributed by atoms with Gasteiger partial charge in [-0.1, -0.05) is 23.7 Å². The monoisotopic (exact) mass is 386 g/mol. The molecule has 2 aromatic carbocycles. The molecule has 1 unspecified atom stereocenters. The highest BCUT2D eigenvalue weighted by atomic mass is 35.5. The van der Waals surface area contributed by atoms with E-state index in [1.807, 2.05) is 36.1 Å². The van der Waals surface area contributed by atoms with Crippen molar-refractivity contribution in [3.8, 4) is 5.75 Å². The SMILES string of the molecule is CCOc1ccc(C2CCCN2C(=O)CNC(=O)c2ccc(Cl)cc2)cc1. The summed E-state index contributed by atoms with van der Waals surface area (Å²) in [5.74, 6) is 0.470. The molecule has 0 spiro atoms. The van der Waals surface area contributed by atoms with E-state index in [0.717, 1.165) is 24.2 Å². The van der Waals surface area contributed by atoms with Crippen LogP contribution in [0, 0.1) is 0 Å². The standard InChI is InChI=1S/C21H23ClN2O3/c1-2-27-18-11-7-15(8-12-18)19-4-3-13-24(19)20(25)14-23-21(26)16-5-9-17(22)10-6-16/h5-12,19H,2-4,13-14H2,1H3,(H,23,26). The van der Waals surface area contributed by atoms with Crippen LogP contribution in [0.4, 0.5) is 0 Å². The first-order chi connectivity index (χ1) is 13.1. The summed E-state index contributed by atoms with van der Waals surface area (Å²) in [5.41, 5.74) is 1.57. The first-order valence-corrected chi connectivity index (χ1v) is 9.52. The van der Waals surface area contributed by atoms with Crippen molar-refractivity contribution in [2.24, 2.45) is 0 Å². The van der Waals surface area contributed by atoms with Gasteiger partial charge in [-0.15, -0.1) is 0 Å². The maximum absolute atomic E-state index is 12.7. The first-order valence-electron chi connectivity index (χ1n) is 9.14. The molecular weight excluding hydrogens is 364 g/mol. The van der Waals surface area contributed by atoms with Crippen LogP contribution in [0.1, 0.15) is 41.7 Å². The minimum atomic E-state index is -0.281. The number of likely N-dealkylation sites (tertiary alicyclic amines) is 1. The maximum Gasteiger partial charge on any atom is 0.251 e. The highest BCUT2D eigenvalue weighted by Gasteiger charge is 2.29. The molecule has 5 nitrogen and oxygen atoms in total. The van der Waals surface area contributed by atoms with Crippen molar-refractivity contribution >= 4 is 23.4 Å². The average molecular weight is 387 g/mol. The van der Waals surface area contributed by atoms with E-state index in [1.54, 1.807) is 24.3 Å². The maximum atomic E-state index is 12.7. The molecule has 0 radical (unpaired) electrons. The van der Waals surface area contributed by atoms with Gasteiger partial charge in [0, 0.05) is 17.1 Å². The second-order valence-electron chi connectivity index (χ2n) is 6.44. The van der Waals surface area contributed by atoms with Crippen molar-refractivity contribution in [2.45, 2.75) is 25.8 Å². The smallest absolute Gasteiger partial charge is 0.251 e. The van der Waals surface area contributed by atoms with Gasteiger partial charge in [0.15, 0.2) is 0 Å². The highest BCUT2D eigenvalue weighted by molar-refractivity contribution is 6.30. The third-order valence-electron chi connectivity index (χ3n) is 4.66. The van der Waals surface area contributed by atoms with E-state index < -0.39 is 0 Å². The Bertz CT molecular complexity index is 790. The molecule has 3 rings (SSSR count). The van der Waals surface area contributed by atoms with Gasteiger partial charge in [-0.2, -0.15) is 0 Å². The molecular formula is C21H23ClN2O3. The Balaban J connectivity index is 1.59. The molecule has 0 aromatic heterocycles. The van der Waals surface area contributed by atoms with Crippen LogP contribution in [0.25, 0.3) is 0 Å². The summed E-state index contributed by atoms with van der Waals surface area (Å²) in [7, 11) is 0. The fourth-order valence-electron chi connectivity index (χ4n) is 3.33. The zero-order valence-corrected chi connectivity index (χ0v) is 16.0. The molecule has 1 aliphatic rings. The summed E-state index contributed by atoms with van der Waals surface area (Å²) in [6.07, 6.45) is 1.87. The number of benzene rings is 2. The lowest BCUT2D eigenvalue weighted by Crippen LogP contribution is -2.39. The number of hydrogen-bond donors (Lipinski definition) is 1. The van der Waals surface area contributed by atoms with Gasteiger partial charge in [-0.25, -0.2) is 0 Å². The molecule has 0 saturated carbocycles. The number of amides is 2. The fourth-order valence-corrected chi connectivity index (χ4v) is 3.45. The molecule has 2 amide bonds. The van der Waals surface area contributed by atoms with Gasteiger partial charge >= 0.3 is 0 Å². The quantitative estimate of drug-likeness (QED) is 0.820. The number of carbonyl (C=O) groups is 2. The van der Waals surface area contributed by atoms with Crippen LogP contribution in [0.5, 0.6) is 5.75 Å². The molecule has 1 N–H and O–H groups in total. The third kappa shape index (κ3) is 4.80. The van der Waals surface area contributed by atoms with Crippen molar-refractivity contribution < 1.29 is 14.3 Å². The number of halogens is 1. The van der Waals surface area contributed by atoms with Crippen LogP contribution < -0.4 is 10.1 Å². The second kappa shape index (κ2) is 8.91. The average Bonchev–Trinajstić information content (AvgIpc) is 3.17. The van der Waals surface area contributed by atoms with Crippen LogP contribution in [0.3, 0.4) is 0 Å². The first kappa shape index (κ1) is 19.2. The second-order valence-corrected chi connectivity index (χ2v) is 6.87. The lowest BCUT2D eigenvalue weighted by atomic mass is 10.0.